The van der Waals surface area contributed by atoms with Crippen LogP contribution in [0.2, 0.25) is 0 Å². The molecule has 0 nitrogen and oxygen atoms in total. The lowest BCUT2D eigenvalue weighted by atomic mass is 10.1. The third-order valence-electron chi connectivity index (χ3n) is 2.99. The summed E-state index contributed by atoms with van der Waals surface area (Å²) in [7, 11) is 0. The summed E-state index contributed by atoms with van der Waals surface area (Å²) in [4.78, 5) is 0. The summed E-state index contributed by atoms with van der Waals surface area (Å²) in [6, 6.07) is 6.66. The molecule has 14 heavy (non-hydrogen) atoms. The van der Waals surface area contributed by atoms with Gasteiger partial charge in [-0.2, -0.15) is 0 Å². The van der Waals surface area contributed by atoms with E-state index in [4.69, 9.17) is 0 Å². The third-order valence-corrected chi connectivity index (χ3v) is 7.29. The quantitative estimate of drug-likeness (QED) is 0.706. The summed E-state index contributed by atoms with van der Waals surface area (Å²) in [6.07, 6.45) is 2.57. The maximum absolute atomic E-state index is 3.66. The van der Waals surface area contributed by atoms with Gasteiger partial charge in [-0.1, -0.05) is 28.1 Å². The average molecular weight is 287 g/mol. The maximum Gasteiger partial charge on any atom is 0.0866 e. The predicted octanol–water partition coefficient (Wildman–Crippen LogP) is 4.03. The smallest absolute Gasteiger partial charge is 0.0866 e. The van der Waals surface area contributed by atoms with Crippen molar-refractivity contribution < 1.29 is 0 Å². The molecule has 0 amide bonds. The molecule has 0 aromatic heterocycles. The Morgan fingerprint density at radius 1 is 1.21 bits per heavy atom. The Kier molecular flexibility index (Phi) is 2.38. The van der Waals surface area contributed by atoms with E-state index in [0.29, 0.717) is 4.08 Å². The summed E-state index contributed by atoms with van der Waals surface area (Å²) in [5.74, 6) is 2.63. The SMILES string of the molecule is Brc1cccc2c1CCC21SCCS1. The molecular formula is C11H11BrS2. The monoisotopic (exact) mass is 286 g/mol. The van der Waals surface area contributed by atoms with E-state index in [9.17, 15) is 0 Å². The first-order valence-corrected chi connectivity index (χ1v) is 7.64. The number of hydrogen-bond acceptors (Lipinski definition) is 2. The van der Waals surface area contributed by atoms with E-state index in [1.807, 2.05) is 0 Å². The Labute approximate surface area is 101 Å². The second-order valence-corrected chi connectivity index (χ2v) is 7.62. The Morgan fingerprint density at radius 3 is 2.79 bits per heavy atom. The van der Waals surface area contributed by atoms with Crippen molar-refractivity contribution >= 4 is 39.5 Å². The van der Waals surface area contributed by atoms with E-state index in [0.717, 1.165) is 0 Å². The average Bonchev–Trinajstić information content (AvgIpc) is 2.78. The fraction of sp³-hybridized carbons (Fsp3) is 0.455. The van der Waals surface area contributed by atoms with E-state index in [2.05, 4.69) is 57.7 Å². The van der Waals surface area contributed by atoms with Crippen LogP contribution < -0.4 is 0 Å². The number of hydrogen-bond donors (Lipinski definition) is 0. The highest BCUT2D eigenvalue weighted by Gasteiger charge is 2.43. The van der Waals surface area contributed by atoms with Crippen LogP contribution in [-0.4, -0.2) is 11.5 Å². The summed E-state index contributed by atoms with van der Waals surface area (Å²) in [5, 5.41) is 0. The van der Waals surface area contributed by atoms with Gasteiger partial charge >= 0.3 is 0 Å². The second kappa shape index (κ2) is 3.46. The second-order valence-electron chi connectivity index (χ2n) is 3.72. The van der Waals surface area contributed by atoms with Gasteiger partial charge < -0.3 is 0 Å². The van der Waals surface area contributed by atoms with Gasteiger partial charge in [0.2, 0.25) is 0 Å². The highest BCUT2D eigenvalue weighted by atomic mass is 79.9. The molecule has 0 atom stereocenters. The van der Waals surface area contributed by atoms with Crippen LogP contribution in [0.4, 0.5) is 0 Å². The Balaban J connectivity index is 2.14. The minimum Gasteiger partial charge on any atom is -0.139 e. The van der Waals surface area contributed by atoms with Gasteiger partial charge in [0, 0.05) is 16.0 Å². The molecule has 0 saturated carbocycles. The van der Waals surface area contributed by atoms with Gasteiger partial charge in [-0.05, 0) is 30.0 Å². The van der Waals surface area contributed by atoms with E-state index in [1.165, 1.54) is 28.8 Å². The van der Waals surface area contributed by atoms with E-state index < -0.39 is 0 Å². The highest BCUT2D eigenvalue weighted by molar-refractivity contribution is 9.10. The molecule has 3 rings (SSSR count). The molecule has 0 radical (unpaired) electrons. The molecular weight excluding hydrogens is 276 g/mol. The Morgan fingerprint density at radius 2 is 2.00 bits per heavy atom. The normalized spacial score (nSPS) is 22.9. The molecule has 3 heteroatoms. The van der Waals surface area contributed by atoms with Crippen LogP contribution in [0.25, 0.3) is 0 Å². The first-order chi connectivity index (χ1) is 6.82. The Bertz CT molecular complexity index is 370. The van der Waals surface area contributed by atoms with Gasteiger partial charge in [0.1, 0.15) is 0 Å². The molecule has 1 aromatic rings. The number of halogens is 1. The first kappa shape index (κ1) is 9.61. The molecule has 1 heterocycles. The molecule has 1 aromatic carbocycles. The van der Waals surface area contributed by atoms with Crippen molar-refractivity contribution in [1.82, 2.24) is 0 Å². The molecule has 0 bridgehead atoms. The fourth-order valence-electron chi connectivity index (χ4n) is 2.35. The van der Waals surface area contributed by atoms with Crippen LogP contribution in [0.15, 0.2) is 22.7 Å². The summed E-state index contributed by atoms with van der Waals surface area (Å²) in [5.41, 5.74) is 3.13. The number of benzene rings is 1. The van der Waals surface area contributed by atoms with Crippen molar-refractivity contribution in [2.75, 3.05) is 11.5 Å². The zero-order valence-electron chi connectivity index (χ0n) is 7.75. The lowest BCUT2D eigenvalue weighted by Gasteiger charge is -2.22. The van der Waals surface area contributed by atoms with Crippen LogP contribution in [0, 0.1) is 0 Å². The highest BCUT2D eigenvalue weighted by Crippen LogP contribution is 2.59. The van der Waals surface area contributed by atoms with Gasteiger partial charge in [0.15, 0.2) is 0 Å². The van der Waals surface area contributed by atoms with Crippen molar-refractivity contribution in [3.63, 3.8) is 0 Å². The molecule has 2 aliphatic rings. The fourth-order valence-corrected chi connectivity index (χ4v) is 6.26. The van der Waals surface area contributed by atoms with Gasteiger partial charge in [-0.15, -0.1) is 23.5 Å². The lowest BCUT2D eigenvalue weighted by molar-refractivity contribution is 0.844. The van der Waals surface area contributed by atoms with Crippen molar-refractivity contribution in [3.8, 4) is 0 Å². The van der Waals surface area contributed by atoms with Crippen molar-refractivity contribution in [2.45, 2.75) is 16.9 Å². The van der Waals surface area contributed by atoms with Gasteiger partial charge in [0.05, 0.1) is 4.08 Å². The van der Waals surface area contributed by atoms with E-state index >= 15 is 0 Å². The minimum absolute atomic E-state index is 0.416. The summed E-state index contributed by atoms with van der Waals surface area (Å²) in [6.45, 7) is 0. The molecule has 1 aliphatic carbocycles. The first-order valence-electron chi connectivity index (χ1n) is 4.88. The van der Waals surface area contributed by atoms with Crippen LogP contribution in [0.5, 0.6) is 0 Å². The van der Waals surface area contributed by atoms with Crippen molar-refractivity contribution in [3.05, 3.63) is 33.8 Å². The molecule has 1 aliphatic heterocycles. The maximum atomic E-state index is 3.66. The van der Waals surface area contributed by atoms with Crippen LogP contribution in [0.3, 0.4) is 0 Å². The Hall–Kier alpha value is 0.400. The molecule has 1 saturated heterocycles. The van der Waals surface area contributed by atoms with Gasteiger partial charge in [-0.25, -0.2) is 0 Å². The third kappa shape index (κ3) is 1.29. The zero-order valence-corrected chi connectivity index (χ0v) is 11.0. The van der Waals surface area contributed by atoms with Gasteiger partial charge in [0.25, 0.3) is 0 Å². The number of thioether (sulfide) groups is 2. The predicted molar refractivity (Wildman–Crippen MR) is 69.1 cm³/mol. The van der Waals surface area contributed by atoms with Crippen LogP contribution in [-0.2, 0) is 10.5 Å². The van der Waals surface area contributed by atoms with Crippen molar-refractivity contribution in [2.24, 2.45) is 0 Å². The minimum atomic E-state index is 0.416. The summed E-state index contributed by atoms with van der Waals surface area (Å²) < 4.78 is 1.72. The summed E-state index contributed by atoms with van der Waals surface area (Å²) >= 11 is 7.95. The largest absolute Gasteiger partial charge is 0.139 e. The van der Waals surface area contributed by atoms with Crippen LogP contribution in [0.1, 0.15) is 17.5 Å². The standard InChI is InChI=1S/C11H11BrS2/c12-10-3-1-2-9-8(10)4-5-11(9)13-6-7-14-11/h1-3H,4-7H2. The van der Waals surface area contributed by atoms with E-state index in [1.54, 1.807) is 11.1 Å². The molecule has 0 N–H and O–H groups in total. The van der Waals surface area contributed by atoms with Gasteiger partial charge in [-0.3, -0.25) is 0 Å². The van der Waals surface area contributed by atoms with Crippen LogP contribution >= 0.6 is 39.5 Å². The zero-order chi connectivity index (χ0) is 9.60. The van der Waals surface area contributed by atoms with Crippen molar-refractivity contribution in [1.29, 1.82) is 0 Å². The lowest BCUT2D eigenvalue weighted by Crippen LogP contribution is -2.08. The topological polar surface area (TPSA) is 0 Å². The van der Waals surface area contributed by atoms with E-state index in [-0.39, 0.29) is 0 Å². The molecule has 1 spiro atoms. The molecule has 74 valence electrons. The molecule has 0 unspecified atom stereocenters. The number of fused-ring (bicyclic) bond motifs is 2. The number of rotatable bonds is 0. The molecule has 1 fully saturated rings.